The summed E-state index contributed by atoms with van der Waals surface area (Å²) in [7, 11) is 0. The standard InChI is InChI=1S/C25H38N4O4/c1-15(2)20(28-24(32)33-25(7,8)9)23(31)29(13-12-26)21(22(30)27-16(3)4)19-11-10-17(5)14-18(19)6/h10-11,14-16,20-21H,13H2,1-9H3,(H,27,30)(H,28,32). The van der Waals surface area contributed by atoms with Crippen LogP contribution in [-0.2, 0) is 14.3 Å². The molecule has 0 bridgehead atoms. The Morgan fingerprint density at radius 1 is 1.09 bits per heavy atom. The summed E-state index contributed by atoms with van der Waals surface area (Å²) in [5, 5.41) is 15.0. The lowest BCUT2D eigenvalue weighted by Crippen LogP contribution is -2.55. The van der Waals surface area contributed by atoms with Crippen molar-refractivity contribution in [3.05, 3.63) is 34.9 Å². The van der Waals surface area contributed by atoms with E-state index in [2.05, 4.69) is 10.6 Å². The second kappa shape index (κ2) is 11.7. The van der Waals surface area contributed by atoms with Crippen molar-refractivity contribution in [1.29, 1.82) is 5.26 Å². The number of carbonyl (C=O) groups excluding carboxylic acids is 3. The van der Waals surface area contributed by atoms with E-state index in [0.29, 0.717) is 5.56 Å². The molecule has 0 aromatic heterocycles. The third-order valence-corrected chi connectivity index (χ3v) is 4.84. The van der Waals surface area contributed by atoms with Gasteiger partial charge in [0.2, 0.25) is 11.8 Å². The lowest BCUT2D eigenvalue weighted by Gasteiger charge is -2.35. The van der Waals surface area contributed by atoms with Crippen molar-refractivity contribution in [1.82, 2.24) is 15.5 Å². The lowest BCUT2D eigenvalue weighted by molar-refractivity contribution is -0.142. The van der Waals surface area contributed by atoms with E-state index in [9.17, 15) is 19.6 Å². The number of hydrogen-bond donors (Lipinski definition) is 2. The molecule has 0 aliphatic rings. The van der Waals surface area contributed by atoms with Crippen molar-refractivity contribution in [3.8, 4) is 6.07 Å². The molecule has 1 aromatic carbocycles. The van der Waals surface area contributed by atoms with Crippen LogP contribution in [0.2, 0.25) is 0 Å². The molecular weight excluding hydrogens is 420 g/mol. The van der Waals surface area contributed by atoms with E-state index < -0.39 is 29.7 Å². The molecule has 0 heterocycles. The highest BCUT2D eigenvalue weighted by molar-refractivity contribution is 5.92. The molecule has 0 fully saturated rings. The average Bonchev–Trinajstić information content (AvgIpc) is 2.64. The molecule has 1 aromatic rings. The molecule has 2 N–H and O–H groups in total. The number of amides is 3. The zero-order valence-corrected chi connectivity index (χ0v) is 21.3. The van der Waals surface area contributed by atoms with E-state index in [1.54, 1.807) is 40.7 Å². The highest BCUT2D eigenvalue weighted by atomic mass is 16.6. The SMILES string of the molecule is Cc1ccc(C(C(=O)NC(C)C)N(CC#N)C(=O)C(NC(=O)OC(C)(C)C)C(C)C)c(C)c1. The maximum atomic E-state index is 13.7. The second-order valence-corrected chi connectivity index (χ2v) is 9.92. The number of rotatable bonds is 8. The molecule has 2 atom stereocenters. The van der Waals surface area contributed by atoms with Gasteiger partial charge in [-0.1, -0.05) is 37.6 Å². The van der Waals surface area contributed by atoms with Crippen LogP contribution in [0.4, 0.5) is 4.79 Å². The Morgan fingerprint density at radius 3 is 2.15 bits per heavy atom. The summed E-state index contributed by atoms with van der Waals surface area (Å²) in [6, 6.07) is 5.44. The zero-order valence-electron chi connectivity index (χ0n) is 21.3. The molecule has 182 valence electrons. The highest BCUT2D eigenvalue weighted by Gasteiger charge is 2.38. The summed E-state index contributed by atoms with van der Waals surface area (Å²) in [5.74, 6) is -1.22. The second-order valence-electron chi connectivity index (χ2n) is 9.92. The van der Waals surface area contributed by atoms with Gasteiger partial charge < -0.3 is 20.3 Å². The van der Waals surface area contributed by atoms with E-state index in [4.69, 9.17) is 4.74 Å². The van der Waals surface area contributed by atoms with Gasteiger partial charge in [0.15, 0.2) is 0 Å². The number of alkyl carbamates (subject to hydrolysis) is 1. The van der Waals surface area contributed by atoms with Crippen molar-refractivity contribution < 1.29 is 19.1 Å². The van der Waals surface area contributed by atoms with Gasteiger partial charge in [-0.15, -0.1) is 0 Å². The summed E-state index contributed by atoms with van der Waals surface area (Å²) in [6.45, 7) is 15.9. The number of hydrogen-bond acceptors (Lipinski definition) is 5. The van der Waals surface area contributed by atoms with Crippen molar-refractivity contribution in [2.75, 3.05) is 6.54 Å². The van der Waals surface area contributed by atoms with Gasteiger partial charge in [-0.3, -0.25) is 9.59 Å². The maximum Gasteiger partial charge on any atom is 0.408 e. The van der Waals surface area contributed by atoms with Gasteiger partial charge >= 0.3 is 6.09 Å². The van der Waals surface area contributed by atoms with E-state index in [1.807, 2.05) is 45.9 Å². The molecule has 33 heavy (non-hydrogen) atoms. The third kappa shape index (κ3) is 8.41. The van der Waals surface area contributed by atoms with Gasteiger partial charge in [0, 0.05) is 6.04 Å². The molecule has 0 aliphatic heterocycles. The Kier molecular flexibility index (Phi) is 9.90. The van der Waals surface area contributed by atoms with Crippen LogP contribution in [0.25, 0.3) is 0 Å². The molecule has 0 radical (unpaired) electrons. The molecule has 0 saturated carbocycles. The zero-order chi connectivity index (χ0) is 25.5. The van der Waals surface area contributed by atoms with Crippen LogP contribution in [0.5, 0.6) is 0 Å². The molecule has 0 saturated heterocycles. The Bertz CT molecular complexity index is 897. The third-order valence-electron chi connectivity index (χ3n) is 4.84. The van der Waals surface area contributed by atoms with Crippen LogP contribution in [0, 0.1) is 31.1 Å². The number of ether oxygens (including phenoxy) is 1. The molecule has 2 unspecified atom stereocenters. The Labute approximate surface area is 197 Å². The average molecular weight is 459 g/mol. The van der Waals surface area contributed by atoms with Crippen molar-refractivity contribution in [3.63, 3.8) is 0 Å². The largest absolute Gasteiger partial charge is 0.444 e. The summed E-state index contributed by atoms with van der Waals surface area (Å²) in [5.41, 5.74) is 1.74. The predicted molar refractivity (Wildman–Crippen MR) is 127 cm³/mol. The van der Waals surface area contributed by atoms with Crippen LogP contribution >= 0.6 is 0 Å². The normalized spacial score (nSPS) is 13.2. The van der Waals surface area contributed by atoms with Crippen molar-refractivity contribution >= 4 is 17.9 Å². The van der Waals surface area contributed by atoms with Gasteiger partial charge in [0.25, 0.3) is 0 Å². The first-order chi connectivity index (χ1) is 15.2. The fourth-order valence-corrected chi connectivity index (χ4v) is 3.45. The fourth-order valence-electron chi connectivity index (χ4n) is 3.45. The van der Waals surface area contributed by atoms with Crippen molar-refractivity contribution in [2.24, 2.45) is 5.92 Å². The molecule has 8 nitrogen and oxygen atoms in total. The van der Waals surface area contributed by atoms with Gasteiger partial charge in [0.1, 0.15) is 24.2 Å². The van der Waals surface area contributed by atoms with E-state index >= 15 is 0 Å². The first-order valence-corrected chi connectivity index (χ1v) is 11.2. The first kappa shape index (κ1) is 28.0. The minimum atomic E-state index is -1.03. The summed E-state index contributed by atoms with van der Waals surface area (Å²) >= 11 is 0. The highest BCUT2D eigenvalue weighted by Crippen LogP contribution is 2.27. The number of benzene rings is 1. The summed E-state index contributed by atoms with van der Waals surface area (Å²) in [6.07, 6.45) is -0.735. The minimum Gasteiger partial charge on any atom is -0.444 e. The van der Waals surface area contributed by atoms with E-state index in [0.717, 1.165) is 11.1 Å². The van der Waals surface area contributed by atoms with Gasteiger partial charge in [-0.2, -0.15) is 5.26 Å². The monoisotopic (exact) mass is 458 g/mol. The quantitative estimate of drug-likeness (QED) is 0.576. The summed E-state index contributed by atoms with van der Waals surface area (Å²) in [4.78, 5) is 40.6. The molecular formula is C25H38N4O4. The Morgan fingerprint density at radius 2 is 1.70 bits per heavy atom. The number of nitriles is 1. The van der Waals surface area contributed by atoms with E-state index in [1.165, 1.54) is 4.90 Å². The van der Waals surface area contributed by atoms with E-state index in [-0.39, 0.29) is 24.4 Å². The molecule has 0 aliphatic carbocycles. The van der Waals surface area contributed by atoms with Crippen LogP contribution in [0.3, 0.4) is 0 Å². The maximum absolute atomic E-state index is 13.7. The topological polar surface area (TPSA) is 112 Å². The lowest BCUT2D eigenvalue weighted by atomic mass is 9.95. The van der Waals surface area contributed by atoms with Gasteiger partial charge in [-0.05, 0) is 65.5 Å². The smallest absolute Gasteiger partial charge is 0.408 e. The fraction of sp³-hybridized carbons (Fsp3) is 0.600. The first-order valence-electron chi connectivity index (χ1n) is 11.2. The van der Waals surface area contributed by atoms with Crippen LogP contribution in [0.1, 0.15) is 71.2 Å². The number of carbonyl (C=O) groups is 3. The molecule has 8 heteroatoms. The Balaban J connectivity index is 3.48. The Hall–Kier alpha value is -3.08. The number of aryl methyl sites for hydroxylation is 2. The minimum absolute atomic E-state index is 0.162. The van der Waals surface area contributed by atoms with Crippen LogP contribution in [0.15, 0.2) is 18.2 Å². The predicted octanol–water partition coefficient (Wildman–Crippen LogP) is 3.77. The number of nitrogens with zero attached hydrogens (tertiary/aromatic N) is 2. The van der Waals surface area contributed by atoms with Crippen molar-refractivity contribution in [2.45, 2.75) is 86.0 Å². The van der Waals surface area contributed by atoms with Crippen LogP contribution < -0.4 is 10.6 Å². The molecule has 1 rings (SSSR count). The van der Waals surface area contributed by atoms with Gasteiger partial charge in [0.05, 0.1) is 6.07 Å². The summed E-state index contributed by atoms with van der Waals surface area (Å²) < 4.78 is 5.32. The number of nitrogens with one attached hydrogen (secondary N) is 2. The molecule has 3 amide bonds. The van der Waals surface area contributed by atoms with Crippen LogP contribution in [-0.4, -0.2) is 47.0 Å². The molecule has 0 spiro atoms. The van der Waals surface area contributed by atoms with Gasteiger partial charge in [-0.25, -0.2) is 4.79 Å².